The van der Waals surface area contributed by atoms with Crippen LogP contribution in [0.1, 0.15) is 0 Å². The van der Waals surface area contributed by atoms with Gasteiger partial charge >= 0.3 is 0 Å². The van der Waals surface area contributed by atoms with Crippen LogP contribution in [0.5, 0.6) is 0 Å². The lowest BCUT2D eigenvalue weighted by Crippen LogP contribution is -2.09. The van der Waals surface area contributed by atoms with Gasteiger partial charge in [0.05, 0.1) is 43.3 Å². The van der Waals surface area contributed by atoms with Crippen LogP contribution in [-0.4, -0.2) is 50.9 Å². The maximum Gasteiger partial charge on any atom is 0.151 e. The van der Waals surface area contributed by atoms with Crippen LogP contribution in [0.4, 0.5) is 5.69 Å². The molecule has 0 saturated heterocycles. The van der Waals surface area contributed by atoms with E-state index in [1.807, 2.05) is 18.2 Å². The van der Waals surface area contributed by atoms with Crippen molar-refractivity contribution in [2.24, 2.45) is 0 Å². The molecule has 2 rings (SSSR count). The summed E-state index contributed by atoms with van der Waals surface area (Å²) in [6, 6.07) is 5.80. The van der Waals surface area contributed by atoms with E-state index in [0.717, 1.165) is 26.0 Å². The maximum absolute atomic E-state index is 5.76. The minimum atomic E-state index is 0.606. The van der Waals surface area contributed by atoms with Crippen LogP contribution in [-0.2, 0) is 14.2 Å². The molecule has 0 saturated carbocycles. The Kier molecular flexibility index (Phi) is 7.25. The quantitative estimate of drug-likeness (QED) is 0.411. The van der Waals surface area contributed by atoms with Crippen LogP contribution in [0.3, 0.4) is 0 Å². The van der Waals surface area contributed by atoms with Gasteiger partial charge in [-0.15, -0.1) is 11.3 Å². The molecule has 0 aliphatic heterocycles. The van der Waals surface area contributed by atoms with Gasteiger partial charge in [0.15, 0.2) is 4.34 Å². The Morgan fingerprint density at radius 2 is 1.90 bits per heavy atom. The van der Waals surface area contributed by atoms with Gasteiger partial charge < -0.3 is 19.9 Å². The summed E-state index contributed by atoms with van der Waals surface area (Å²) >= 11 is 3.37. The second-order valence-corrected chi connectivity index (χ2v) is 6.65. The van der Waals surface area contributed by atoms with Crippen molar-refractivity contribution in [2.75, 3.05) is 51.6 Å². The van der Waals surface area contributed by atoms with Crippen molar-refractivity contribution < 1.29 is 14.2 Å². The third-order valence-electron chi connectivity index (χ3n) is 2.65. The lowest BCUT2D eigenvalue weighted by molar-refractivity contribution is 0.0286. The molecular formula is C14H20N2O3S2. The largest absolute Gasteiger partial charge is 0.399 e. The van der Waals surface area contributed by atoms with Crippen LogP contribution >= 0.6 is 23.1 Å². The molecular weight excluding hydrogens is 308 g/mol. The third-order valence-corrected chi connectivity index (χ3v) is 4.78. The molecule has 7 heteroatoms. The summed E-state index contributed by atoms with van der Waals surface area (Å²) in [5, 5.41) is 0. The fraction of sp³-hybridized carbons (Fsp3) is 0.500. The van der Waals surface area contributed by atoms with Crippen molar-refractivity contribution >= 4 is 39.0 Å². The van der Waals surface area contributed by atoms with Gasteiger partial charge in [0.25, 0.3) is 0 Å². The summed E-state index contributed by atoms with van der Waals surface area (Å²) in [5.74, 6) is 0.882. The van der Waals surface area contributed by atoms with Gasteiger partial charge in [-0.2, -0.15) is 0 Å². The molecule has 0 aliphatic rings. The van der Waals surface area contributed by atoms with E-state index in [1.54, 1.807) is 30.2 Å². The minimum Gasteiger partial charge on any atom is -0.399 e. The summed E-state index contributed by atoms with van der Waals surface area (Å²) in [6.07, 6.45) is 0. The number of ether oxygens (including phenoxy) is 3. The number of fused-ring (bicyclic) bond motifs is 1. The lowest BCUT2D eigenvalue weighted by atomic mass is 10.3. The summed E-state index contributed by atoms with van der Waals surface area (Å²) in [5.41, 5.74) is 7.55. The highest BCUT2D eigenvalue weighted by atomic mass is 32.2. The van der Waals surface area contributed by atoms with E-state index in [4.69, 9.17) is 19.9 Å². The van der Waals surface area contributed by atoms with Crippen molar-refractivity contribution in [3.63, 3.8) is 0 Å². The number of anilines is 1. The van der Waals surface area contributed by atoms with E-state index in [0.29, 0.717) is 33.0 Å². The van der Waals surface area contributed by atoms with Crippen LogP contribution in [0.25, 0.3) is 10.2 Å². The molecule has 1 aromatic carbocycles. The van der Waals surface area contributed by atoms with Crippen LogP contribution in [0.2, 0.25) is 0 Å². The topological polar surface area (TPSA) is 66.6 Å². The minimum absolute atomic E-state index is 0.606. The molecule has 0 unspecified atom stereocenters. The van der Waals surface area contributed by atoms with E-state index >= 15 is 0 Å². The highest BCUT2D eigenvalue weighted by Crippen LogP contribution is 2.30. The molecule has 0 radical (unpaired) electrons. The normalized spacial score (nSPS) is 11.3. The Balaban J connectivity index is 1.59. The molecule has 0 atom stereocenters. The highest BCUT2D eigenvalue weighted by Gasteiger charge is 2.04. The Bertz CT molecular complexity index is 548. The lowest BCUT2D eigenvalue weighted by Gasteiger charge is -2.04. The Morgan fingerprint density at radius 1 is 1.14 bits per heavy atom. The van der Waals surface area contributed by atoms with E-state index in [1.165, 1.54) is 0 Å². The molecule has 0 spiro atoms. The summed E-state index contributed by atoms with van der Waals surface area (Å²) in [4.78, 5) is 4.55. The van der Waals surface area contributed by atoms with Crippen molar-refractivity contribution in [3.05, 3.63) is 18.2 Å². The Morgan fingerprint density at radius 3 is 2.71 bits per heavy atom. The first kappa shape index (κ1) is 16.5. The van der Waals surface area contributed by atoms with E-state index in [-0.39, 0.29) is 0 Å². The van der Waals surface area contributed by atoms with Gasteiger partial charge in [0, 0.05) is 18.6 Å². The number of benzene rings is 1. The van der Waals surface area contributed by atoms with Crippen molar-refractivity contribution in [1.29, 1.82) is 0 Å². The number of rotatable bonds is 10. The molecule has 1 aromatic heterocycles. The van der Waals surface area contributed by atoms with Gasteiger partial charge in [-0.05, 0) is 18.2 Å². The van der Waals surface area contributed by atoms with E-state index < -0.39 is 0 Å². The van der Waals surface area contributed by atoms with Gasteiger partial charge in [-0.25, -0.2) is 4.98 Å². The molecule has 2 aromatic rings. The number of aromatic nitrogens is 1. The number of nitrogens with two attached hydrogens (primary N) is 1. The zero-order valence-electron chi connectivity index (χ0n) is 12.0. The summed E-state index contributed by atoms with van der Waals surface area (Å²) < 4.78 is 17.9. The number of thioether (sulfide) groups is 1. The van der Waals surface area contributed by atoms with Gasteiger partial charge in [0.1, 0.15) is 0 Å². The average Bonchev–Trinajstić information content (AvgIpc) is 2.87. The zero-order chi connectivity index (χ0) is 14.9. The molecule has 1 heterocycles. The fourth-order valence-electron chi connectivity index (χ4n) is 1.63. The SMILES string of the molecule is COCCOCCOCCSc1nc2ccc(N)cc2s1. The standard InChI is InChI=1S/C14H20N2O3S2/c1-17-4-5-18-6-7-19-8-9-20-14-16-12-3-2-11(15)10-13(12)21-14/h2-3,10H,4-9,15H2,1H3. The third kappa shape index (κ3) is 5.80. The van der Waals surface area contributed by atoms with Gasteiger partial charge in [-0.1, -0.05) is 11.8 Å². The van der Waals surface area contributed by atoms with Gasteiger partial charge in [-0.3, -0.25) is 0 Å². The monoisotopic (exact) mass is 328 g/mol. The first-order valence-electron chi connectivity index (χ1n) is 6.73. The number of nitrogen functional groups attached to an aromatic ring is 1. The number of hydrogen-bond donors (Lipinski definition) is 1. The highest BCUT2D eigenvalue weighted by molar-refractivity contribution is 8.01. The number of hydrogen-bond acceptors (Lipinski definition) is 7. The molecule has 2 N–H and O–H groups in total. The predicted octanol–water partition coefficient (Wildman–Crippen LogP) is 2.65. The van der Waals surface area contributed by atoms with Crippen LogP contribution in [0.15, 0.2) is 22.5 Å². The molecule has 21 heavy (non-hydrogen) atoms. The van der Waals surface area contributed by atoms with Crippen LogP contribution in [0, 0.1) is 0 Å². The Hall–Kier alpha value is -0.860. The second kappa shape index (κ2) is 9.22. The molecule has 0 amide bonds. The van der Waals surface area contributed by atoms with Crippen molar-refractivity contribution in [1.82, 2.24) is 4.98 Å². The molecule has 0 fully saturated rings. The Labute approximate surface area is 132 Å². The maximum atomic E-state index is 5.76. The van der Waals surface area contributed by atoms with Crippen molar-refractivity contribution in [2.45, 2.75) is 4.34 Å². The average molecular weight is 328 g/mol. The first-order valence-corrected chi connectivity index (χ1v) is 8.53. The summed E-state index contributed by atoms with van der Waals surface area (Å²) in [6.45, 7) is 3.15. The smallest absolute Gasteiger partial charge is 0.151 e. The predicted molar refractivity (Wildman–Crippen MR) is 88.3 cm³/mol. The van der Waals surface area contributed by atoms with E-state index in [2.05, 4.69) is 4.98 Å². The summed E-state index contributed by atoms with van der Waals surface area (Å²) in [7, 11) is 1.66. The second-order valence-electron chi connectivity index (χ2n) is 4.27. The van der Waals surface area contributed by atoms with Crippen molar-refractivity contribution in [3.8, 4) is 0 Å². The number of nitrogens with zero attached hydrogens (tertiary/aromatic N) is 1. The fourth-order valence-corrected chi connectivity index (χ4v) is 3.67. The number of methoxy groups -OCH3 is 1. The van der Waals surface area contributed by atoms with Crippen LogP contribution < -0.4 is 5.73 Å². The first-order chi connectivity index (χ1) is 10.3. The molecule has 5 nitrogen and oxygen atoms in total. The molecule has 0 bridgehead atoms. The number of thiazole rings is 1. The zero-order valence-corrected chi connectivity index (χ0v) is 13.7. The molecule has 0 aliphatic carbocycles. The van der Waals surface area contributed by atoms with E-state index in [9.17, 15) is 0 Å². The molecule has 116 valence electrons. The van der Waals surface area contributed by atoms with Gasteiger partial charge in [0.2, 0.25) is 0 Å².